The van der Waals surface area contributed by atoms with E-state index < -0.39 is 0 Å². The number of ketones is 1. The molecule has 1 nitrogen and oxygen atoms in total. The molecule has 0 aliphatic heterocycles. The van der Waals surface area contributed by atoms with Gasteiger partial charge in [0.05, 0.1) is 0 Å². The molecule has 64 valence electrons. The van der Waals surface area contributed by atoms with Crippen LogP contribution < -0.4 is 0 Å². The normalized spacial score (nSPS) is 15.4. The molecule has 1 heteroatoms. The molecule has 1 atom stereocenters. The fraction of sp³-hybridized carbons (Fsp3) is 0.700. The lowest BCUT2D eigenvalue weighted by molar-refractivity contribution is -0.112. The highest BCUT2D eigenvalue weighted by molar-refractivity contribution is 5.87. The van der Waals surface area contributed by atoms with Gasteiger partial charge in [0, 0.05) is 0 Å². The van der Waals surface area contributed by atoms with Gasteiger partial charge in [-0.3, -0.25) is 4.79 Å². The molecular formula is C10H18O. The lowest BCUT2D eigenvalue weighted by Gasteiger charge is -2.23. The molecule has 0 aromatic carbocycles. The predicted molar refractivity (Wildman–Crippen MR) is 48.4 cm³/mol. The number of carbonyl (C=O) groups excluding carboxylic acids is 1. The first kappa shape index (κ1) is 10.4. The van der Waals surface area contributed by atoms with Crippen LogP contribution in [0.4, 0.5) is 0 Å². The average Bonchev–Trinajstić information content (AvgIpc) is 1.80. The molecule has 11 heavy (non-hydrogen) atoms. The molecule has 0 aliphatic carbocycles. The van der Waals surface area contributed by atoms with Crippen LogP contribution in [0.2, 0.25) is 0 Å². The summed E-state index contributed by atoms with van der Waals surface area (Å²) in [4.78, 5) is 10.6. The van der Waals surface area contributed by atoms with Crippen LogP contribution in [0.5, 0.6) is 0 Å². The topological polar surface area (TPSA) is 17.1 Å². The maximum Gasteiger partial charge on any atom is 0.152 e. The van der Waals surface area contributed by atoms with Gasteiger partial charge in [0.15, 0.2) is 5.78 Å². The van der Waals surface area contributed by atoms with Crippen molar-refractivity contribution < 1.29 is 4.79 Å². The Hall–Kier alpha value is -0.590. The second-order valence-electron chi connectivity index (χ2n) is 4.12. The highest BCUT2D eigenvalue weighted by Crippen LogP contribution is 2.25. The largest absolute Gasteiger partial charge is 0.295 e. The summed E-state index contributed by atoms with van der Waals surface area (Å²) in [5.74, 6) is 0.576. The Morgan fingerprint density at radius 1 is 1.36 bits per heavy atom. The van der Waals surface area contributed by atoms with Crippen molar-refractivity contribution in [3.8, 4) is 0 Å². The van der Waals surface area contributed by atoms with Crippen molar-refractivity contribution in [2.24, 2.45) is 11.3 Å². The molecule has 0 N–H and O–H groups in total. The smallest absolute Gasteiger partial charge is 0.152 e. The molecule has 0 aliphatic rings. The first-order chi connectivity index (χ1) is 4.84. The van der Waals surface area contributed by atoms with Gasteiger partial charge in [-0.2, -0.15) is 0 Å². The number of carbonyl (C=O) groups is 1. The molecule has 1 unspecified atom stereocenters. The van der Waals surface area contributed by atoms with E-state index in [1.807, 2.05) is 6.08 Å². The average molecular weight is 154 g/mol. The number of hydrogen-bond acceptors (Lipinski definition) is 1. The van der Waals surface area contributed by atoms with E-state index in [-0.39, 0.29) is 11.2 Å². The van der Waals surface area contributed by atoms with Crippen LogP contribution in [-0.2, 0) is 4.79 Å². The Morgan fingerprint density at radius 2 is 1.82 bits per heavy atom. The number of allylic oxidation sites excluding steroid dienone is 2. The molecule has 0 spiro atoms. The lowest BCUT2D eigenvalue weighted by atomic mass is 9.82. The van der Waals surface area contributed by atoms with Crippen LogP contribution in [0.3, 0.4) is 0 Å². The highest BCUT2D eigenvalue weighted by atomic mass is 16.1. The van der Waals surface area contributed by atoms with E-state index in [1.54, 1.807) is 13.0 Å². The SMILES string of the molecule is CC(=O)C=CC(C)C(C)(C)C. The Bertz CT molecular complexity index is 160. The van der Waals surface area contributed by atoms with E-state index in [0.717, 1.165) is 0 Å². The Labute approximate surface area is 69.5 Å². The second kappa shape index (κ2) is 3.70. The molecular weight excluding hydrogens is 136 g/mol. The molecule has 0 aromatic rings. The molecule has 0 heterocycles. The van der Waals surface area contributed by atoms with Crippen molar-refractivity contribution in [3.63, 3.8) is 0 Å². The van der Waals surface area contributed by atoms with Gasteiger partial charge in [-0.05, 0) is 24.3 Å². The van der Waals surface area contributed by atoms with E-state index >= 15 is 0 Å². The zero-order valence-corrected chi connectivity index (χ0v) is 8.14. The molecule has 0 bridgehead atoms. The third-order valence-electron chi connectivity index (χ3n) is 1.99. The highest BCUT2D eigenvalue weighted by Gasteiger charge is 2.16. The maximum absolute atomic E-state index is 10.6. The summed E-state index contributed by atoms with van der Waals surface area (Å²) in [6, 6.07) is 0. The van der Waals surface area contributed by atoms with E-state index in [4.69, 9.17) is 0 Å². The molecule has 0 fully saturated rings. The fourth-order valence-corrected chi connectivity index (χ4v) is 0.569. The Balaban J connectivity index is 4.07. The van der Waals surface area contributed by atoms with Crippen molar-refractivity contribution in [2.75, 3.05) is 0 Å². The number of rotatable bonds is 2. The van der Waals surface area contributed by atoms with Crippen molar-refractivity contribution >= 4 is 5.78 Å². The van der Waals surface area contributed by atoms with Gasteiger partial charge in [-0.15, -0.1) is 0 Å². The second-order valence-corrected chi connectivity index (χ2v) is 4.12. The van der Waals surface area contributed by atoms with E-state index in [2.05, 4.69) is 27.7 Å². The predicted octanol–water partition coefficient (Wildman–Crippen LogP) is 2.81. The summed E-state index contributed by atoms with van der Waals surface area (Å²) >= 11 is 0. The minimum atomic E-state index is 0.126. The summed E-state index contributed by atoms with van der Waals surface area (Å²) in [5, 5.41) is 0. The monoisotopic (exact) mass is 154 g/mol. The van der Waals surface area contributed by atoms with Gasteiger partial charge in [-0.1, -0.05) is 33.8 Å². The minimum absolute atomic E-state index is 0.126. The van der Waals surface area contributed by atoms with E-state index in [1.165, 1.54) is 0 Å². The zero-order valence-electron chi connectivity index (χ0n) is 8.14. The molecule has 0 saturated heterocycles. The molecule has 0 rings (SSSR count). The van der Waals surface area contributed by atoms with Crippen LogP contribution in [0.15, 0.2) is 12.2 Å². The van der Waals surface area contributed by atoms with Crippen LogP contribution in [0.1, 0.15) is 34.6 Å². The van der Waals surface area contributed by atoms with Crippen molar-refractivity contribution in [3.05, 3.63) is 12.2 Å². The summed E-state index contributed by atoms with van der Waals surface area (Å²) < 4.78 is 0. The van der Waals surface area contributed by atoms with Crippen molar-refractivity contribution in [1.82, 2.24) is 0 Å². The van der Waals surface area contributed by atoms with Crippen LogP contribution in [0.25, 0.3) is 0 Å². The lowest BCUT2D eigenvalue weighted by Crippen LogP contribution is -2.14. The van der Waals surface area contributed by atoms with Crippen LogP contribution in [-0.4, -0.2) is 5.78 Å². The molecule has 0 aromatic heterocycles. The van der Waals surface area contributed by atoms with Crippen LogP contribution in [0, 0.1) is 11.3 Å². The van der Waals surface area contributed by atoms with Crippen molar-refractivity contribution in [2.45, 2.75) is 34.6 Å². The standard InChI is InChI=1S/C10H18O/c1-8(10(3,4)5)6-7-9(2)11/h6-8H,1-5H3. The summed E-state index contributed by atoms with van der Waals surface area (Å²) in [7, 11) is 0. The molecule has 0 saturated carbocycles. The van der Waals surface area contributed by atoms with E-state index in [9.17, 15) is 4.79 Å². The third-order valence-corrected chi connectivity index (χ3v) is 1.99. The number of hydrogen-bond donors (Lipinski definition) is 0. The van der Waals surface area contributed by atoms with Gasteiger partial charge in [-0.25, -0.2) is 0 Å². The molecule has 0 amide bonds. The minimum Gasteiger partial charge on any atom is -0.295 e. The first-order valence-corrected chi connectivity index (χ1v) is 4.03. The van der Waals surface area contributed by atoms with Gasteiger partial charge < -0.3 is 0 Å². The zero-order chi connectivity index (χ0) is 9.07. The van der Waals surface area contributed by atoms with Gasteiger partial charge >= 0.3 is 0 Å². The van der Waals surface area contributed by atoms with Gasteiger partial charge in [0.25, 0.3) is 0 Å². The van der Waals surface area contributed by atoms with Gasteiger partial charge in [0.2, 0.25) is 0 Å². The van der Waals surface area contributed by atoms with E-state index in [0.29, 0.717) is 5.92 Å². The summed E-state index contributed by atoms with van der Waals surface area (Å²) in [5.41, 5.74) is 0.256. The summed E-state index contributed by atoms with van der Waals surface area (Å²) in [6.45, 7) is 10.2. The maximum atomic E-state index is 10.6. The fourth-order valence-electron chi connectivity index (χ4n) is 0.569. The van der Waals surface area contributed by atoms with Crippen molar-refractivity contribution in [1.29, 1.82) is 0 Å². The Morgan fingerprint density at radius 3 is 2.09 bits per heavy atom. The summed E-state index contributed by atoms with van der Waals surface area (Å²) in [6.07, 6.45) is 3.62. The quantitative estimate of drug-likeness (QED) is 0.559. The van der Waals surface area contributed by atoms with Gasteiger partial charge in [0.1, 0.15) is 0 Å². The first-order valence-electron chi connectivity index (χ1n) is 4.03. The molecule has 0 radical (unpaired) electrons. The Kier molecular flexibility index (Phi) is 3.50. The van der Waals surface area contributed by atoms with Crippen LogP contribution >= 0.6 is 0 Å². The third kappa shape index (κ3) is 4.77.